The number of thioether (sulfide) groups is 1. The molecule has 0 aliphatic carbocycles. The van der Waals surface area contributed by atoms with E-state index in [1.807, 2.05) is 11.5 Å². The van der Waals surface area contributed by atoms with Crippen molar-refractivity contribution >= 4 is 17.7 Å². The van der Waals surface area contributed by atoms with Crippen molar-refractivity contribution in [1.82, 2.24) is 20.1 Å². The highest BCUT2D eigenvalue weighted by molar-refractivity contribution is 7.99. The van der Waals surface area contributed by atoms with E-state index in [0.29, 0.717) is 12.3 Å². The van der Waals surface area contributed by atoms with Crippen molar-refractivity contribution in [3.8, 4) is 5.69 Å². The van der Waals surface area contributed by atoms with Crippen LogP contribution in [0, 0.1) is 20.8 Å². The number of aryl methyl sites for hydroxylation is 3. The Morgan fingerprint density at radius 1 is 1.36 bits per heavy atom. The molecule has 2 rings (SSSR count). The Morgan fingerprint density at radius 2 is 2.14 bits per heavy atom. The molecule has 0 spiro atoms. The first-order valence-corrected chi connectivity index (χ1v) is 8.01. The van der Waals surface area contributed by atoms with E-state index in [4.69, 9.17) is 0 Å². The van der Waals surface area contributed by atoms with Crippen LogP contribution < -0.4 is 5.32 Å². The minimum absolute atomic E-state index is 0.0435. The predicted octanol–water partition coefficient (Wildman–Crippen LogP) is 2.59. The SMILES string of the molecule is C=CCNC(=O)CSc1nnc(C)n1-c1cc(C)ccc1C. The largest absolute Gasteiger partial charge is 0.352 e. The summed E-state index contributed by atoms with van der Waals surface area (Å²) in [5, 5.41) is 11.8. The highest BCUT2D eigenvalue weighted by Gasteiger charge is 2.14. The van der Waals surface area contributed by atoms with Gasteiger partial charge in [-0.15, -0.1) is 16.8 Å². The van der Waals surface area contributed by atoms with Gasteiger partial charge in [0.2, 0.25) is 5.91 Å². The van der Waals surface area contributed by atoms with Gasteiger partial charge in [0.15, 0.2) is 5.16 Å². The molecular weight excluding hydrogens is 296 g/mol. The molecule has 6 heteroatoms. The maximum Gasteiger partial charge on any atom is 0.230 e. The molecule has 2 aromatic rings. The van der Waals surface area contributed by atoms with Crippen LogP contribution in [0.15, 0.2) is 36.0 Å². The molecule has 0 saturated heterocycles. The van der Waals surface area contributed by atoms with Crippen molar-refractivity contribution in [2.45, 2.75) is 25.9 Å². The summed E-state index contributed by atoms with van der Waals surface area (Å²) >= 11 is 1.38. The zero-order chi connectivity index (χ0) is 16.1. The molecule has 0 saturated carbocycles. The second kappa shape index (κ2) is 7.26. The molecular formula is C16H20N4OS. The summed E-state index contributed by atoms with van der Waals surface area (Å²) in [7, 11) is 0. The number of carbonyl (C=O) groups excluding carboxylic acids is 1. The topological polar surface area (TPSA) is 59.8 Å². The molecule has 1 aromatic carbocycles. The number of amides is 1. The highest BCUT2D eigenvalue weighted by atomic mass is 32.2. The average molecular weight is 316 g/mol. The fraction of sp³-hybridized carbons (Fsp3) is 0.312. The fourth-order valence-electron chi connectivity index (χ4n) is 2.04. The van der Waals surface area contributed by atoms with E-state index in [-0.39, 0.29) is 5.91 Å². The second-order valence-corrected chi connectivity index (χ2v) is 5.98. The van der Waals surface area contributed by atoms with E-state index in [9.17, 15) is 4.79 Å². The first-order valence-electron chi connectivity index (χ1n) is 7.03. The summed E-state index contributed by atoms with van der Waals surface area (Å²) in [4.78, 5) is 11.7. The fourth-order valence-corrected chi connectivity index (χ4v) is 2.86. The molecule has 1 amide bonds. The lowest BCUT2D eigenvalue weighted by molar-refractivity contribution is -0.118. The normalized spacial score (nSPS) is 10.5. The third-order valence-corrected chi connectivity index (χ3v) is 4.11. The lowest BCUT2D eigenvalue weighted by Gasteiger charge is -2.12. The van der Waals surface area contributed by atoms with Crippen molar-refractivity contribution < 1.29 is 4.79 Å². The number of carbonyl (C=O) groups is 1. The number of rotatable bonds is 6. The van der Waals surface area contributed by atoms with E-state index in [1.165, 1.54) is 17.3 Å². The summed E-state index contributed by atoms with van der Waals surface area (Å²) in [5.41, 5.74) is 3.37. The predicted molar refractivity (Wildman–Crippen MR) is 89.5 cm³/mol. The lowest BCUT2D eigenvalue weighted by atomic mass is 10.1. The van der Waals surface area contributed by atoms with E-state index in [2.05, 4.69) is 54.1 Å². The summed E-state index contributed by atoms with van der Waals surface area (Å²) in [6, 6.07) is 6.26. The van der Waals surface area contributed by atoms with Crippen LogP contribution in [-0.2, 0) is 4.79 Å². The van der Waals surface area contributed by atoms with Crippen molar-refractivity contribution in [3.05, 3.63) is 47.8 Å². The first-order chi connectivity index (χ1) is 10.5. The van der Waals surface area contributed by atoms with E-state index in [1.54, 1.807) is 6.08 Å². The van der Waals surface area contributed by atoms with E-state index >= 15 is 0 Å². The summed E-state index contributed by atoms with van der Waals surface area (Å²) < 4.78 is 1.99. The van der Waals surface area contributed by atoms with Crippen LogP contribution in [-0.4, -0.2) is 33.0 Å². The Hall–Kier alpha value is -2.08. The van der Waals surface area contributed by atoms with Gasteiger partial charge in [-0.25, -0.2) is 0 Å². The number of benzene rings is 1. The molecule has 116 valence electrons. The van der Waals surface area contributed by atoms with Crippen molar-refractivity contribution in [1.29, 1.82) is 0 Å². The van der Waals surface area contributed by atoms with Gasteiger partial charge in [-0.3, -0.25) is 9.36 Å². The van der Waals surface area contributed by atoms with Gasteiger partial charge in [-0.1, -0.05) is 30.0 Å². The van der Waals surface area contributed by atoms with Gasteiger partial charge in [0.25, 0.3) is 0 Å². The van der Waals surface area contributed by atoms with Crippen LogP contribution >= 0.6 is 11.8 Å². The summed E-state index contributed by atoms with van der Waals surface area (Å²) in [5.74, 6) is 1.07. The van der Waals surface area contributed by atoms with Gasteiger partial charge in [-0.05, 0) is 38.0 Å². The molecule has 0 unspecified atom stereocenters. The molecule has 0 radical (unpaired) electrons. The Bertz CT molecular complexity index is 693. The van der Waals surface area contributed by atoms with Crippen LogP contribution in [0.1, 0.15) is 17.0 Å². The molecule has 1 N–H and O–H groups in total. The third kappa shape index (κ3) is 3.76. The Morgan fingerprint density at radius 3 is 2.86 bits per heavy atom. The lowest BCUT2D eigenvalue weighted by Crippen LogP contribution is -2.25. The maximum atomic E-state index is 11.7. The van der Waals surface area contributed by atoms with Gasteiger partial charge in [0.05, 0.1) is 11.4 Å². The van der Waals surface area contributed by atoms with Crippen molar-refractivity contribution in [2.75, 3.05) is 12.3 Å². The molecule has 0 fully saturated rings. The highest BCUT2D eigenvalue weighted by Crippen LogP contribution is 2.24. The molecule has 0 aliphatic heterocycles. The van der Waals surface area contributed by atoms with Gasteiger partial charge in [0.1, 0.15) is 5.82 Å². The minimum Gasteiger partial charge on any atom is -0.352 e. The van der Waals surface area contributed by atoms with Crippen molar-refractivity contribution in [3.63, 3.8) is 0 Å². The molecule has 1 aromatic heterocycles. The third-order valence-electron chi connectivity index (χ3n) is 3.18. The molecule has 5 nitrogen and oxygen atoms in total. The maximum absolute atomic E-state index is 11.7. The smallest absolute Gasteiger partial charge is 0.230 e. The van der Waals surface area contributed by atoms with Gasteiger partial charge >= 0.3 is 0 Å². The Kier molecular flexibility index (Phi) is 5.38. The van der Waals surface area contributed by atoms with Gasteiger partial charge in [-0.2, -0.15) is 0 Å². The zero-order valence-electron chi connectivity index (χ0n) is 13.1. The summed E-state index contributed by atoms with van der Waals surface area (Å²) in [6.45, 7) is 10.1. The standard InChI is InChI=1S/C16H20N4OS/c1-5-8-17-15(21)10-22-16-19-18-13(4)20(16)14-9-11(2)6-7-12(14)3/h5-7,9H,1,8,10H2,2-4H3,(H,17,21). The first kappa shape index (κ1) is 16.3. The number of hydrogen-bond donors (Lipinski definition) is 1. The average Bonchev–Trinajstić information content (AvgIpc) is 2.86. The van der Waals surface area contributed by atoms with Crippen LogP contribution in [0.3, 0.4) is 0 Å². The van der Waals surface area contributed by atoms with Crippen LogP contribution in [0.4, 0.5) is 0 Å². The number of nitrogens with one attached hydrogen (secondary N) is 1. The minimum atomic E-state index is -0.0435. The quantitative estimate of drug-likeness (QED) is 0.657. The van der Waals surface area contributed by atoms with Crippen LogP contribution in [0.2, 0.25) is 0 Å². The second-order valence-electron chi connectivity index (χ2n) is 5.04. The number of aromatic nitrogens is 3. The molecule has 0 aliphatic rings. The zero-order valence-corrected chi connectivity index (χ0v) is 13.9. The van der Waals surface area contributed by atoms with Crippen LogP contribution in [0.25, 0.3) is 5.69 Å². The van der Waals surface area contributed by atoms with Crippen LogP contribution in [0.5, 0.6) is 0 Å². The van der Waals surface area contributed by atoms with Gasteiger partial charge in [0, 0.05) is 6.54 Å². The van der Waals surface area contributed by atoms with Gasteiger partial charge < -0.3 is 5.32 Å². The van der Waals surface area contributed by atoms with Crippen molar-refractivity contribution in [2.24, 2.45) is 0 Å². The molecule has 0 bridgehead atoms. The Balaban J connectivity index is 2.23. The monoisotopic (exact) mass is 316 g/mol. The summed E-state index contributed by atoms with van der Waals surface area (Å²) in [6.07, 6.45) is 1.66. The molecule has 22 heavy (non-hydrogen) atoms. The Labute approximate surface area is 134 Å². The van der Waals surface area contributed by atoms with E-state index < -0.39 is 0 Å². The molecule has 1 heterocycles. The number of hydrogen-bond acceptors (Lipinski definition) is 4. The molecule has 0 atom stereocenters. The number of nitrogens with zero attached hydrogens (tertiary/aromatic N) is 3. The van der Waals surface area contributed by atoms with E-state index in [0.717, 1.165) is 22.2 Å².